The van der Waals surface area contributed by atoms with Crippen molar-refractivity contribution in [1.29, 1.82) is 0 Å². The summed E-state index contributed by atoms with van der Waals surface area (Å²) in [7, 11) is 0. The minimum atomic E-state index is -0.326. The second kappa shape index (κ2) is 7.06. The summed E-state index contributed by atoms with van der Waals surface area (Å²) in [6, 6.07) is 8.13. The summed E-state index contributed by atoms with van der Waals surface area (Å²) in [6.07, 6.45) is 2.90. The van der Waals surface area contributed by atoms with Gasteiger partial charge in [0.2, 0.25) is 0 Å². The second-order valence-corrected chi connectivity index (χ2v) is 5.24. The fourth-order valence-corrected chi connectivity index (χ4v) is 2.44. The molecule has 2 heterocycles. The van der Waals surface area contributed by atoms with E-state index in [0.29, 0.717) is 6.54 Å². The lowest BCUT2D eigenvalue weighted by molar-refractivity contribution is 0.0946. The lowest BCUT2D eigenvalue weighted by Gasteiger charge is -2.28. The normalized spacial score (nSPS) is 14.5. The van der Waals surface area contributed by atoms with Crippen LogP contribution in [0.1, 0.15) is 16.1 Å². The Morgan fingerprint density at radius 2 is 1.87 bits per heavy atom. The largest absolute Gasteiger partial charge is 0.382 e. The molecular weight excluding hydrogens is 294 g/mol. The third-order valence-electron chi connectivity index (χ3n) is 3.71. The molecule has 120 valence electrons. The quantitative estimate of drug-likeness (QED) is 0.868. The summed E-state index contributed by atoms with van der Waals surface area (Å²) in [5.41, 5.74) is 7.97. The van der Waals surface area contributed by atoms with Gasteiger partial charge >= 0.3 is 0 Å². The van der Waals surface area contributed by atoms with Crippen LogP contribution in [0.4, 0.5) is 11.5 Å². The Kier molecular flexibility index (Phi) is 4.68. The number of amides is 1. The van der Waals surface area contributed by atoms with Crippen LogP contribution in [-0.2, 0) is 11.3 Å². The van der Waals surface area contributed by atoms with Gasteiger partial charge in [-0.15, -0.1) is 0 Å². The van der Waals surface area contributed by atoms with Gasteiger partial charge in [0.05, 0.1) is 13.2 Å². The Morgan fingerprint density at radius 3 is 2.57 bits per heavy atom. The SMILES string of the molecule is Nc1nccnc1C(=O)NCc1ccc(N2CCOCC2)cc1. The lowest BCUT2D eigenvalue weighted by atomic mass is 10.2. The fourth-order valence-electron chi connectivity index (χ4n) is 2.44. The van der Waals surface area contributed by atoms with E-state index >= 15 is 0 Å². The highest BCUT2D eigenvalue weighted by Gasteiger charge is 2.12. The predicted molar refractivity (Wildman–Crippen MR) is 87.1 cm³/mol. The minimum absolute atomic E-state index is 0.132. The molecule has 1 aromatic heterocycles. The maximum Gasteiger partial charge on any atom is 0.273 e. The third kappa shape index (κ3) is 3.75. The first-order chi connectivity index (χ1) is 11.2. The number of hydrogen-bond acceptors (Lipinski definition) is 6. The van der Waals surface area contributed by atoms with Crippen LogP contribution < -0.4 is 16.0 Å². The molecule has 7 heteroatoms. The Morgan fingerprint density at radius 1 is 1.17 bits per heavy atom. The molecule has 0 aliphatic carbocycles. The van der Waals surface area contributed by atoms with Crippen molar-refractivity contribution in [2.24, 2.45) is 0 Å². The van der Waals surface area contributed by atoms with Crippen LogP contribution in [0.25, 0.3) is 0 Å². The number of hydrogen-bond donors (Lipinski definition) is 2. The van der Waals surface area contributed by atoms with Crippen molar-refractivity contribution in [2.75, 3.05) is 36.9 Å². The molecule has 2 aromatic rings. The van der Waals surface area contributed by atoms with Gasteiger partial charge in [0, 0.05) is 37.7 Å². The average molecular weight is 313 g/mol. The molecule has 1 fully saturated rings. The number of nitrogens with zero attached hydrogens (tertiary/aromatic N) is 3. The molecule has 7 nitrogen and oxygen atoms in total. The van der Waals surface area contributed by atoms with E-state index in [1.54, 1.807) is 0 Å². The number of nitrogens with two attached hydrogens (primary N) is 1. The van der Waals surface area contributed by atoms with Crippen LogP contribution in [0.15, 0.2) is 36.7 Å². The summed E-state index contributed by atoms with van der Waals surface area (Å²) in [6.45, 7) is 3.75. The van der Waals surface area contributed by atoms with Crippen LogP contribution >= 0.6 is 0 Å². The van der Waals surface area contributed by atoms with Gasteiger partial charge in [0.1, 0.15) is 0 Å². The van der Waals surface area contributed by atoms with Crippen LogP contribution in [-0.4, -0.2) is 42.2 Å². The summed E-state index contributed by atoms with van der Waals surface area (Å²) in [4.78, 5) is 22.1. The smallest absolute Gasteiger partial charge is 0.273 e. The highest BCUT2D eigenvalue weighted by molar-refractivity contribution is 5.96. The summed E-state index contributed by atoms with van der Waals surface area (Å²) >= 11 is 0. The molecule has 0 radical (unpaired) electrons. The third-order valence-corrected chi connectivity index (χ3v) is 3.71. The zero-order valence-corrected chi connectivity index (χ0v) is 12.7. The van der Waals surface area contributed by atoms with Crippen molar-refractivity contribution < 1.29 is 9.53 Å². The van der Waals surface area contributed by atoms with Gasteiger partial charge in [-0.3, -0.25) is 4.79 Å². The maximum absolute atomic E-state index is 12.0. The molecule has 1 aliphatic heterocycles. The van der Waals surface area contributed by atoms with E-state index in [4.69, 9.17) is 10.5 Å². The summed E-state index contributed by atoms with van der Waals surface area (Å²) < 4.78 is 5.35. The Bertz CT molecular complexity index is 668. The molecule has 3 N–H and O–H groups in total. The van der Waals surface area contributed by atoms with Crippen molar-refractivity contribution >= 4 is 17.4 Å². The molecule has 0 spiro atoms. The van der Waals surface area contributed by atoms with E-state index in [-0.39, 0.29) is 17.4 Å². The number of morpholine rings is 1. The van der Waals surface area contributed by atoms with E-state index in [0.717, 1.165) is 31.9 Å². The van der Waals surface area contributed by atoms with Crippen molar-refractivity contribution in [3.8, 4) is 0 Å². The number of benzene rings is 1. The minimum Gasteiger partial charge on any atom is -0.382 e. The number of ether oxygens (including phenoxy) is 1. The predicted octanol–water partition coefficient (Wildman–Crippen LogP) is 0.825. The van der Waals surface area contributed by atoms with Crippen molar-refractivity contribution in [1.82, 2.24) is 15.3 Å². The summed E-state index contributed by atoms with van der Waals surface area (Å²) in [5.74, 6) is -0.194. The lowest BCUT2D eigenvalue weighted by Crippen LogP contribution is -2.36. The van der Waals surface area contributed by atoms with Crippen LogP contribution in [0.5, 0.6) is 0 Å². The van der Waals surface area contributed by atoms with E-state index in [2.05, 4.69) is 32.3 Å². The van der Waals surface area contributed by atoms with Crippen LogP contribution in [0.3, 0.4) is 0 Å². The van der Waals surface area contributed by atoms with Crippen molar-refractivity contribution in [3.63, 3.8) is 0 Å². The molecule has 0 atom stereocenters. The van der Waals surface area contributed by atoms with Gasteiger partial charge in [-0.25, -0.2) is 9.97 Å². The molecule has 1 aromatic carbocycles. The van der Waals surface area contributed by atoms with Gasteiger partial charge in [-0.2, -0.15) is 0 Å². The number of anilines is 2. The topological polar surface area (TPSA) is 93.4 Å². The first-order valence-electron chi connectivity index (χ1n) is 7.50. The highest BCUT2D eigenvalue weighted by atomic mass is 16.5. The molecule has 1 amide bonds. The molecular formula is C16H19N5O2. The fraction of sp³-hybridized carbons (Fsp3) is 0.312. The van der Waals surface area contributed by atoms with Gasteiger partial charge in [0.15, 0.2) is 11.5 Å². The number of nitrogens with one attached hydrogen (secondary N) is 1. The van der Waals surface area contributed by atoms with E-state index in [9.17, 15) is 4.79 Å². The van der Waals surface area contributed by atoms with E-state index in [1.165, 1.54) is 18.1 Å². The Labute approximate surface area is 134 Å². The van der Waals surface area contributed by atoms with E-state index in [1.807, 2.05) is 12.1 Å². The zero-order valence-electron chi connectivity index (χ0n) is 12.7. The van der Waals surface area contributed by atoms with Gasteiger partial charge in [-0.05, 0) is 17.7 Å². The Hall–Kier alpha value is -2.67. The summed E-state index contributed by atoms with van der Waals surface area (Å²) in [5, 5.41) is 2.80. The van der Waals surface area contributed by atoms with Crippen LogP contribution in [0, 0.1) is 0 Å². The molecule has 23 heavy (non-hydrogen) atoms. The molecule has 1 aliphatic rings. The average Bonchev–Trinajstić information content (AvgIpc) is 2.61. The second-order valence-electron chi connectivity index (χ2n) is 5.24. The standard InChI is InChI=1S/C16H19N5O2/c17-15-14(18-5-6-19-15)16(22)20-11-12-1-3-13(4-2-12)21-7-9-23-10-8-21/h1-6H,7-11H2,(H2,17,19)(H,20,22). The van der Waals surface area contributed by atoms with Crippen molar-refractivity contribution in [2.45, 2.75) is 6.54 Å². The molecule has 0 saturated carbocycles. The monoisotopic (exact) mass is 313 g/mol. The van der Waals surface area contributed by atoms with Gasteiger partial charge in [-0.1, -0.05) is 12.1 Å². The molecule has 1 saturated heterocycles. The first kappa shape index (κ1) is 15.2. The van der Waals surface area contributed by atoms with Crippen LogP contribution in [0.2, 0.25) is 0 Å². The van der Waals surface area contributed by atoms with Gasteiger partial charge in [0.25, 0.3) is 5.91 Å². The number of nitrogen functional groups attached to an aromatic ring is 1. The maximum atomic E-state index is 12.0. The molecule has 0 unspecified atom stereocenters. The number of carbonyl (C=O) groups is 1. The number of aromatic nitrogens is 2. The Balaban J connectivity index is 1.58. The number of rotatable bonds is 4. The van der Waals surface area contributed by atoms with Crippen molar-refractivity contribution in [3.05, 3.63) is 47.9 Å². The highest BCUT2D eigenvalue weighted by Crippen LogP contribution is 2.16. The zero-order chi connectivity index (χ0) is 16.1. The molecule has 3 rings (SSSR count). The van der Waals surface area contributed by atoms with E-state index < -0.39 is 0 Å². The first-order valence-corrected chi connectivity index (χ1v) is 7.50. The molecule has 0 bridgehead atoms. The van der Waals surface area contributed by atoms with Gasteiger partial charge < -0.3 is 20.7 Å². The number of carbonyl (C=O) groups excluding carboxylic acids is 1.